The molecule has 0 radical (unpaired) electrons. The molecule has 0 aromatic carbocycles. The summed E-state index contributed by atoms with van der Waals surface area (Å²) in [5.74, 6) is -1.10. The standard InChI is InChI=1S/C12H23NO5/c1-8(2)13(7-9(14)6-10(15)16)11(17)18-12(3,4)5/h8-9,14H,6-7H2,1-5H3,(H,15,16)/t9-/m1/s1. The quantitative estimate of drug-likeness (QED) is 0.782. The Hall–Kier alpha value is -1.30. The second kappa shape index (κ2) is 6.58. The molecule has 0 aliphatic rings. The van der Waals surface area contributed by atoms with Crippen molar-refractivity contribution >= 4 is 12.1 Å². The summed E-state index contributed by atoms with van der Waals surface area (Å²) in [7, 11) is 0. The fraction of sp³-hybridized carbons (Fsp3) is 0.833. The van der Waals surface area contributed by atoms with Crippen LogP contribution in [0.25, 0.3) is 0 Å². The fourth-order valence-corrected chi connectivity index (χ4v) is 1.31. The number of ether oxygens (including phenoxy) is 1. The topological polar surface area (TPSA) is 87.1 Å². The number of aliphatic hydroxyl groups is 1. The van der Waals surface area contributed by atoms with E-state index in [2.05, 4.69) is 0 Å². The summed E-state index contributed by atoms with van der Waals surface area (Å²) in [6, 6.07) is -0.178. The van der Waals surface area contributed by atoms with Gasteiger partial charge in [-0.1, -0.05) is 0 Å². The molecule has 0 bridgehead atoms. The molecule has 0 rings (SSSR count). The maximum absolute atomic E-state index is 11.9. The largest absolute Gasteiger partial charge is 0.481 e. The van der Waals surface area contributed by atoms with Gasteiger partial charge >= 0.3 is 12.1 Å². The van der Waals surface area contributed by atoms with Crippen LogP contribution in [0.15, 0.2) is 0 Å². The summed E-state index contributed by atoms with van der Waals surface area (Å²) in [6.45, 7) is 8.74. The van der Waals surface area contributed by atoms with Crippen LogP contribution in [0.3, 0.4) is 0 Å². The Bertz CT molecular complexity index is 295. The fourth-order valence-electron chi connectivity index (χ4n) is 1.31. The normalized spacial score (nSPS) is 13.3. The number of carbonyl (C=O) groups is 2. The number of hydrogen-bond donors (Lipinski definition) is 2. The molecule has 0 fully saturated rings. The Morgan fingerprint density at radius 2 is 1.78 bits per heavy atom. The van der Waals surface area contributed by atoms with Gasteiger partial charge in [-0.25, -0.2) is 4.79 Å². The van der Waals surface area contributed by atoms with Crippen LogP contribution in [0.1, 0.15) is 41.0 Å². The molecule has 0 aliphatic carbocycles. The summed E-state index contributed by atoms with van der Waals surface area (Å²) in [6.07, 6.45) is -2.05. The maximum atomic E-state index is 11.9. The first-order valence-electron chi connectivity index (χ1n) is 5.92. The van der Waals surface area contributed by atoms with Gasteiger partial charge in [-0.2, -0.15) is 0 Å². The molecular weight excluding hydrogens is 238 g/mol. The minimum atomic E-state index is -1.10. The van der Waals surface area contributed by atoms with Crippen molar-refractivity contribution in [2.75, 3.05) is 6.54 Å². The van der Waals surface area contributed by atoms with Crippen LogP contribution in [-0.2, 0) is 9.53 Å². The van der Waals surface area contributed by atoms with Gasteiger partial charge in [0.2, 0.25) is 0 Å². The highest BCUT2D eigenvalue weighted by molar-refractivity contribution is 5.69. The van der Waals surface area contributed by atoms with Crippen LogP contribution in [0, 0.1) is 0 Å². The summed E-state index contributed by atoms with van der Waals surface area (Å²) in [5, 5.41) is 18.1. The summed E-state index contributed by atoms with van der Waals surface area (Å²) < 4.78 is 5.20. The number of carboxylic acid groups (broad SMARTS) is 1. The van der Waals surface area contributed by atoms with Crippen molar-refractivity contribution in [3.05, 3.63) is 0 Å². The van der Waals surface area contributed by atoms with E-state index in [0.717, 1.165) is 0 Å². The molecule has 0 spiro atoms. The van der Waals surface area contributed by atoms with Crippen LogP contribution < -0.4 is 0 Å². The number of nitrogens with zero attached hydrogens (tertiary/aromatic N) is 1. The summed E-state index contributed by atoms with van der Waals surface area (Å²) >= 11 is 0. The van der Waals surface area contributed by atoms with E-state index in [1.54, 1.807) is 34.6 Å². The van der Waals surface area contributed by atoms with Gasteiger partial charge in [-0.15, -0.1) is 0 Å². The van der Waals surface area contributed by atoms with E-state index in [1.165, 1.54) is 4.90 Å². The predicted octanol–water partition coefficient (Wildman–Crippen LogP) is 1.47. The third kappa shape index (κ3) is 7.11. The van der Waals surface area contributed by atoms with Crippen LogP contribution in [0.2, 0.25) is 0 Å². The summed E-state index contributed by atoms with van der Waals surface area (Å²) in [5.41, 5.74) is -0.623. The minimum Gasteiger partial charge on any atom is -0.481 e. The van der Waals surface area contributed by atoms with Gasteiger partial charge in [0.1, 0.15) is 5.60 Å². The maximum Gasteiger partial charge on any atom is 0.410 e. The minimum absolute atomic E-state index is 0.0567. The number of carboxylic acids is 1. The molecular formula is C12H23NO5. The third-order valence-electron chi connectivity index (χ3n) is 2.07. The van der Waals surface area contributed by atoms with Gasteiger partial charge in [0.05, 0.1) is 19.1 Å². The molecule has 106 valence electrons. The number of rotatable bonds is 5. The van der Waals surface area contributed by atoms with E-state index in [4.69, 9.17) is 9.84 Å². The Labute approximate surface area is 108 Å². The number of hydrogen-bond acceptors (Lipinski definition) is 4. The molecule has 0 aromatic rings. The zero-order valence-electron chi connectivity index (χ0n) is 11.6. The highest BCUT2D eigenvalue weighted by Crippen LogP contribution is 2.13. The van der Waals surface area contributed by atoms with Crippen LogP contribution in [-0.4, -0.2) is 51.5 Å². The molecule has 1 atom stereocenters. The molecule has 6 nitrogen and oxygen atoms in total. The molecule has 18 heavy (non-hydrogen) atoms. The van der Waals surface area contributed by atoms with Crippen molar-refractivity contribution in [1.82, 2.24) is 4.90 Å². The highest BCUT2D eigenvalue weighted by Gasteiger charge is 2.26. The van der Waals surface area contributed by atoms with E-state index in [9.17, 15) is 14.7 Å². The van der Waals surface area contributed by atoms with Crippen molar-refractivity contribution in [2.45, 2.75) is 58.8 Å². The van der Waals surface area contributed by atoms with Crippen LogP contribution in [0.5, 0.6) is 0 Å². The van der Waals surface area contributed by atoms with E-state index < -0.39 is 30.2 Å². The molecule has 0 saturated carbocycles. The first-order valence-corrected chi connectivity index (χ1v) is 5.92. The van der Waals surface area contributed by atoms with E-state index in [1.807, 2.05) is 0 Å². The number of aliphatic hydroxyl groups excluding tert-OH is 1. The lowest BCUT2D eigenvalue weighted by atomic mass is 10.2. The van der Waals surface area contributed by atoms with Gasteiger partial charge < -0.3 is 19.8 Å². The monoisotopic (exact) mass is 261 g/mol. The zero-order valence-corrected chi connectivity index (χ0v) is 11.6. The van der Waals surface area contributed by atoms with E-state index in [-0.39, 0.29) is 12.6 Å². The first kappa shape index (κ1) is 16.7. The molecule has 0 heterocycles. The van der Waals surface area contributed by atoms with Crippen LogP contribution in [0.4, 0.5) is 4.79 Å². The lowest BCUT2D eigenvalue weighted by Crippen LogP contribution is -2.45. The van der Waals surface area contributed by atoms with Gasteiger partial charge in [-0.3, -0.25) is 4.79 Å². The predicted molar refractivity (Wildman–Crippen MR) is 66.3 cm³/mol. The van der Waals surface area contributed by atoms with Crippen molar-refractivity contribution in [1.29, 1.82) is 0 Å². The van der Waals surface area contributed by atoms with Gasteiger partial charge in [0.25, 0.3) is 0 Å². The molecule has 0 aliphatic heterocycles. The lowest BCUT2D eigenvalue weighted by Gasteiger charge is -2.31. The number of carbonyl (C=O) groups excluding carboxylic acids is 1. The number of aliphatic carboxylic acids is 1. The van der Waals surface area contributed by atoms with E-state index in [0.29, 0.717) is 0 Å². The molecule has 0 aromatic heterocycles. The Morgan fingerprint density at radius 1 is 1.28 bits per heavy atom. The lowest BCUT2D eigenvalue weighted by molar-refractivity contribution is -0.139. The zero-order chi connectivity index (χ0) is 14.5. The second-order valence-electron chi connectivity index (χ2n) is 5.48. The Kier molecular flexibility index (Phi) is 6.11. The van der Waals surface area contributed by atoms with E-state index >= 15 is 0 Å². The smallest absolute Gasteiger partial charge is 0.410 e. The Morgan fingerprint density at radius 3 is 2.11 bits per heavy atom. The SMILES string of the molecule is CC(C)N(C[C@H](O)CC(=O)O)C(=O)OC(C)(C)C. The summed E-state index contributed by atoms with van der Waals surface area (Å²) in [4.78, 5) is 23.7. The molecule has 0 unspecified atom stereocenters. The second-order valence-corrected chi connectivity index (χ2v) is 5.48. The first-order chi connectivity index (χ1) is 8.03. The van der Waals surface area contributed by atoms with Gasteiger partial charge in [0, 0.05) is 6.04 Å². The average Bonchev–Trinajstić information content (AvgIpc) is 2.09. The molecule has 1 amide bonds. The molecule has 6 heteroatoms. The van der Waals surface area contributed by atoms with Crippen LogP contribution >= 0.6 is 0 Å². The third-order valence-corrected chi connectivity index (χ3v) is 2.07. The van der Waals surface area contributed by atoms with Crippen molar-refractivity contribution in [3.63, 3.8) is 0 Å². The molecule has 0 saturated heterocycles. The van der Waals surface area contributed by atoms with Crippen molar-refractivity contribution in [2.24, 2.45) is 0 Å². The average molecular weight is 261 g/mol. The Balaban J connectivity index is 4.57. The van der Waals surface area contributed by atoms with Crippen molar-refractivity contribution in [3.8, 4) is 0 Å². The highest BCUT2D eigenvalue weighted by atomic mass is 16.6. The number of amides is 1. The molecule has 2 N–H and O–H groups in total. The van der Waals surface area contributed by atoms with Gasteiger partial charge in [-0.05, 0) is 34.6 Å². The van der Waals surface area contributed by atoms with Crippen molar-refractivity contribution < 1.29 is 24.5 Å². The van der Waals surface area contributed by atoms with Gasteiger partial charge in [0.15, 0.2) is 0 Å².